The molecule has 1 atom stereocenters. The summed E-state index contributed by atoms with van der Waals surface area (Å²) in [5.41, 5.74) is 2.42. The van der Waals surface area contributed by atoms with Crippen LogP contribution < -0.4 is 15.4 Å². The number of hydrogen-bond donors (Lipinski definition) is 2. The lowest BCUT2D eigenvalue weighted by Gasteiger charge is -2.16. The number of benzene rings is 1. The quantitative estimate of drug-likeness (QED) is 0.245. The maximum Gasteiger partial charge on any atom is 0.305 e. The van der Waals surface area contributed by atoms with Crippen LogP contribution in [0, 0.1) is 0 Å². The zero-order chi connectivity index (χ0) is 24.3. The highest BCUT2D eigenvalue weighted by atomic mass is 16.5. The Balaban J connectivity index is 1.53. The molecule has 0 bridgehead atoms. The Morgan fingerprint density at radius 3 is 2.62 bits per heavy atom. The monoisotopic (exact) mass is 468 g/mol. The number of unbranched alkanes of at least 4 members (excludes halogenated alkanes) is 3. The number of nitrogens with one attached hydrogen (secondary N) is 2. The predicted octanol–water partition coefficient (Wildman–Crippen LogP) is 5.21. The fraction of sp³-hybridized carbons (Fsp3) is 0.520. The molecule has 0 saturated heterocycles. The molecule has 34 heavy (non-hydrogen) atoms. The van der Waals surface area contributed by atoms with Gasteiger partial charge in [0.25, 0.3) is 0 Å². The maximum atomic E-state index is 11.1. The molecule has 3 rings (SSSR count). The van der Waals surface area contributed by atoms with E-state index < -0.39 is 0 Å². The van der Waals surface area contributed by atoms with E-state index in [1.165, 1.54) is 7.11 Å². The lowest BCUT2D eigenvalue weighted by molar-refractivity contribution is -0.140. The normalized spacial score (nSPS) is 11.9. The van der Waals surface area contributed by atoms with Crippen molar-refractivity contribution in [3.63, 3.8) is 0 Å². The fourth-order valence-corrected chi connectivity index (χ4v) is 3.73. The number of ether oxygens (including phenoxy) is 2. The summed E-state index contributed by atoms with van der Waals surface area (Å²) < 4.78 is 12.4. The number of fused-ring (bicyclic) bond motifs is 1. The number of aryl methyl sites for hydroxylation is 1. The third-order valence-electron chi connectivity index (χ3n) is 5.56. The van der Waals surface area contributed by atoms with Gasteiger partial charge in [-0.05, 0) is 50.5 Å². The minimum Gasteiger partial charge on any atom is -0.494 e. The first-order valence-electron chi connectivity index (χ1n) is 12.0. The molecule has 3 aromatic rings. The highest BCUT2D eigenvalue weighted by molar-refractivity contribution is 5.85. The van der Waals surface area contributed by atoms with Gasteiger partial charge in [0.15, 0.2) is 11.5 Å². The van der Waals surface area contributed by atoms with Crippen LogP contribution in [-0.4, -0.2) is 45.2 Å². The maximum absolute atomic E-state index is 11.1. The van der Waals surface area contributed by atoms with Crippen molar-refractivity contribution in [2.75, 3.05) is 24.4 Å². The molecule has 0 saturated carbocycles. The number of carbonyl (C=O) groups excluding carboxylic acids is 1. The van der Waals surface area contributed by atoms with Gasteiger partial charge in [0.1, 0.15) is 11.3 Å². The van der Waals surface area contributed by atoms with Gasteiger partial charge in [0.05, 0.1) is 20.0 Å². The van der Waals surface area contributed by atoms with Crippen molar-refractivity contribution in [2.45, 2.75) is 64.8 Å². The van der Waals surface area contributed by atoms with Crippen LogP contribution in [0.25, 0.3) is 11.2 Å². The van der Waals surface area contributed by atoms with Gasteiger partial charge in [-0.1, -0.05) is 26.2 Å². The Bertz CT molecular complexity index is 1050. The van der Waals surface area contributed by atoms with Crippen LogP contribution in [0.2, 0.25) is 0 Å². The van der Waals surface area contributed by atoms with Crippen LogP contribution in [-0.2, 0) is 16.6 Å². The summed E-state index contributed by atoms with van der Waals surface area (Å²) in [6, 6.07) is 8.06. The molecular weight excluding hydrogens is 432 g/mol. The molecule has 9 nitrogen and oxygen atoms in total. The number of rotatable bonds is 14. The van der Waals surface area contributed by atoms with Crippen molar-refractivity contribution in [3.05, 3.63) is 30.6 Å². The van der Waals surface area contributed by atoms with E-state index in [-0.39, 0.29) is 5.97 Å². The van der Waals surface area contributed by atoms with Gasteiger partial charge in [-0.25, -0.2) is 4.98 Å². The number of nitrogens with zero attached hydrogens (tertiary/aromatic N) is 4. The first-order valence-corrected chi connectivity index (χ1v) is 12.0. The summed E-state index contributed by atoms with van der Waals surface area (Å²) in [4.78, 5) is 24.8. The molecule has 0 radical (unpaired) electrons. The van der Waals surface area contributed by atoms with Gasteiger partial charge in [-0.3, -0.25) is 4.79 Å². The van der Waals surface area contributed by atoms with Gasteiger partial charge in [-0.15, -0.1) is 0 Å². The molecule has 2 N–H and O–H groups in total. The van der Waals surface area contributed by atoms with Crippen molar-refractivity contribution in [1.82, 2.24) is 19.5 Å². The Labute approximate surface area is 201 Å². The first kappa shape index (κ1) is 25.3. The summed E-state index contributed by atoms with van der Waals surface area (Å²) >= 11 is 0. The van der Waals surface area contributed by atoms with Crippen molar-refractivity contribution in [1.29, 1.82) is 0 Å². The fourth-order valence-electron chi connectivity index (χ4n) is 3.73. The van der Waals surface area contributed by atoms with Crippen LogP contribution in [0.3, 0.4) is 0 Å². The summed E-state index contributed by atoms with van der Waals surface area (Å²) in [6.45, 7) is 4.98. The molecule has 1 aromatic carbocycles. The third kappa shape index (κ3) is 7.33. The zero-order valence-electron chi connectivity index (χ0n) is 20.6. The van der Waals surface area contributed by atoms with E-state index in [4.69, 9.17) is 9.72 Å². The minimum atomic E-state index is -0.145. The van der Waals surface area contributed by atoms with Gasteiger partial charge in [-0.2, -0.15) is 9.97 Å². The Hall–Kier alpha value is -3.36. The number of methoxy groups -OCH3 is 1. The molecule has 0 spiro atoms. The second kappa shape index (κ2) is 12.8. The average molecular weight is 469 g/mol. The molecule has 0 aliphatic carbocycles. The van der Waals surface area contributed by atoms with Crippen LogP contribution in [0.15, 0.2) is 30.6 Å². The summed E-state index contributed by atoms with van der Waals surface area (Å²) in [5.74, 6) is 1.95. The summed E-state index contributed by atoms with van der Waals surface area (Å²) in [7, 11) is 3.37. The Kier molecular flexibility index (Phi) is 9.49. The zero-order valence-corrected chi connectivity index (χ0v) is 20.6. The molecule has 0 amide bonds. The number of hydrogen-bond acceptors (Lipinski definition) is 8. The molecule has 9 heteroatoms. The van der Waals surface area contributed by atoms with Gasteiger partial charge in [0, 0.05) is 25.2 Å². The highest BCUT2D eigenvalue weighted by Crippen LogP contribution is 2.25. The smallest absolute Gasteiger partial charge is 0.305 e. The van der Waals surface area contributed by atoms with E-state index in [9.17, 15) is 4.79 Å². The van der Waals surface area contributed by atoms with Crippen molar-refractivity contribution in [2.24, 2.45) is 7.05 Å². The number of esters is 1. The third-order valence-corrected chi connectivity index (χ3v) is 5.56. The van der Waals surface area contributed by atoms with E-state index in [0.717, 1.165) is 61.3 Å². The largest absolute Gasteiger partial charge is 0.494 e. The Morgan fingerprint density at radius 1 is 1.12 bits per heavy atom. The molecule has 184 valence electrons. The molecule has 1 unspecified atom stereocenters. The van der Waals surface area contributed by atoms with Crippen molar-refractivity contribution >= 4 is 34.6 Å². The standard InChI is InChI=1S/C25H36N6O3/c1-5-10-18(2)27-24-22-23(26-17-31(22)3)29-25(30-24)28-19-12-14-20(15-13-19)34-16-9-7-6-8-11-21(32)33-4/h12-15,17-18H,5-11,16H2,1-4H3,(H2,27,28,29,30). The van der Waals surface area contributed by atoms with E-state index in [1.807, 2.05) is 35.9 Å². The van der Waals surface area contributed by atoms with Crippen LogP contribution in [0.4, 0.5) is 17.5 Å². The van der Waals surface area contributed by atoms with E-state index in [2.05, 4.69) is 39.2 Å². The lowest BCUT2D eigenvalue weighted by atomic mass is 10.1. The van der Waals surface area contributed by atoms with Crippen molar-refractivity contribution in [3.8, 4) is 5.75 Å². The second-order valence-corrected chi connectivity index (χ2v) is 8.50. The summed E-state index contributed by atoms with van der Waals surface area (Å²) in [5, 5.41) is 6.78. The number of anilines is 3. The number of carbonyl (C=O) groups is 1. The molecule has 2 heterocycles. The molecule has 2 aromatic heterocycles. The highest BCUT2D eigenvalue weighted by Gasteiger charge is 2.14. The predicted molar refractivity (Wildman–Crippen MR) is 135 cm³/mol. The number of aromatic nitrogens is 4. The molecule has 0 fully saturated rings. The van der Waals surface area contributed by atoms with E-state index >= 15 is 0 Å². The first-order chi connectivity index (χ1) is 16.5. The topological polar surface area (TPSA) is 103 Å². The SMILES string of the molecule is CCCC(C)Nc1nc(Nc2ccc(OCCCCCCC(=O)OC)cc2)nc2ncn(C)c12. The van der Waals surface area contributed by atoms with Crippen molar-refractivity contribution < 1.29 is 14.3 Å². The lowest BCUT2D eigenvalue weighted by Crippen LogP contribution is -2.17. The average Bonchev–Trinajstić information content (AvgIpc) is 3.20. The van der Waals surface area contributed by atoms with Crippen LogP contribution in [0.5, 0.6) is 5.75 Å². The van der Waals surface area contributed by atoms with Crippen LogP contribution >= 0.6 is 0 Å². The number of imidazole rings is 1. The molecule has 0 aliphatic rings. The van der Waals surface area contributed by atoms with Gasteiger partial charge < -0.3 is 24.7 Å². The van der Waals surface area contributed by atoms with E-state index in [1.54, 1.807) is 6.33 Å². The molecular formula is C25H36N6O3. The van der Waals surface area contributed by atoms with Gasteiger partial charge >= 0.3 is 5.97 Å². The molecule has 0 aliphatic heterocycles. The van der Waals surface area contributed by atoms with E-state index in [0.29, 0.717) is 30.7 Å². The summed E-state index contributed by atoms with van der Waals surface area (Å²) in [6.07, 6.45) is 8.22. The second-order valence-electron chi connectivity index (χ2n) is 8.50. The van der Waals surface area contributed by atoms with Gasteiger partial charge in [0.2, 0.25) is 5.95 Å². The minimum absolute atomic E-state index is 0.145. The Morgan fingerprint density at radius 2 is 1.88 bits per heavy atom. The van der Waals surface area contributed by atoms with Crippen LogP contribution in [0.1, 0.15) is 58.8 Å².